The standard InChI is InChI=1S/C13H15N3OS/c1-9-5-6-15-13(16-9)18-8-12(17)10-3-2-4-11(14)7-10/h2-7,12,17H,8,14H2,1H3. The number of anilines is 1. The van der Waals surface area contributed by atoms with Gasteiger partial charge in [0.15, 0.2) is 5.16 Å². The van der Waals surface area contributed by atoms with Gasteiger partial charge in [-0.3, -0.25) is 0 Å². The van der Waals surface area contributed by atoms with Gasteiger partial charge in [-0.05, 0) is 30.7 Å². The summed E-state index contributed by atoms with van der Waals surface area (Å²) in [6.07, 6.45) is 1.15. The molecule has 1 heterocycles. The molecule has 4 nitrogen and oxygen atoms in total. The second kappa shape index (κ2) is 5.84. The Morgan fingerprint density at radius 1 is 1.39 bits per heavy atom. The van der Waals surface area contributed by atoms with Gasteiger partial charge in [0.2, 0.25) is 0 Å². The normalized spacial score (nSPS) is 12.3. The third-order valence-corrected chi connectivity index (χ3v) is 3.38. The molecule has 1 aromatic carbocycles. The minimum atomic E-state index is -0.567. The number of aromatic nitrogens is 2. The van der Waals surface area contributed by atoms with Crippen LogP contribution >= 0.6 is 11.8 Å². The van der Waals surface area contributed by atoms with E-state index >= 15 is 0 Å². The van der Waals surface area contributed by atoms with E-state index in [4.69, 9.17) is 5.73 Å². The van der Waals surface area contributed by atoms with Crippen molar-refractivity contribution in [3.8, 4) is 0 Å². The number of aliphatic hydroxyl groups excluding tert-OH is 1. The number of hydrogen-bond acceptors (Lipinski definition) is 5. The van der Waals surface area contributed by atoms with Gasteiger partial charge in [0.05, 0.1) is 6.10 Å². The summed E-state index contributed by atoms with van der Waals surface area (Å²) in [5.74, 6) is 0.507. The summed E-state index contributed by atoms with van der Waals surface area (Å²) >= 11 is 1.43. The number of hydrogen-bond donors (Lipinski definition) is 2. The molecule has 5 heteroatoms. The van der Waals surface area contributed by atoms with E-state index in [2.05, 4.69) is 9.97 Å². The lowest BCUT2D eigenvalue weighted by Crippen LogP contribution is -2.02. The minimum Gasteiger partial charge on any atom is -0.399 e. The van der Waals surface area contributed by atoms with Crippen molar-refractivity contribution >= 4 is 17.4 Å². The molecule has 2 aromatic rings. The molecule has 0 amide bonds. The number of nitrogen functional groups attached to an aromatic ring is 1. The van der Waals surface area contributed by atoms with Crippen molar-refractivity contribution in [3.05, 3.63) is 47.8 Å². The van der Waals surface area contributed by atoms with E-state index in [1.54, 1.807) is 18.3 Å². The van der Waals surface area contributed by atoms with Crippen LogP contribution in [-0.2, 0) is 0 Å². The van der Waals surface area contributed by atoms with Crippen molar-refractivity contribution in [2.45, 2.75) is 18.2 Å². The van der Waals surface area contributed by atoms with Crippen LogP contribution in [-0.4, -0.2) is 20.8 Å². The quantitative estimate of drug-likeness (QED) is 0.501. The van der Waals surface area contributed by atoms with E-state index in [9.17, 15) is 5.11 Å². The summed E-state index contributed by atoms with van der Waals surface area (Å²) in [5, 5.41) is 10.7. The van der Waals surface area contributed by atoms with Gasteiger partial charge < -0.3 is 10.8 Å². The van der Waals surface area contributed by atoms with Crippen LogP contribution in [0.25, 0.3) is 0 Å². The lowest BCUT2D eigenvalue weighted by molar-refractivity contribution is 0.204. The Morgan fingerprint density at radius 2 is 2.22 bits per heavy atom. The molecule has 0 bridgehead atoms. The largest absolute Gasteiger partial charge is 0.399 e. The number of aryl methyl sites for hydroxylation is 1. The number of rotatable bonds is 4. The van der Waals surface area contributed by atoms with Crippen LogP contribution in [0.5, 0.6) is 0 Å². The smallest absolute Gasteiger partial charge is 0.187 e. The highest BCUT2D eigenvalue weighted by Crippen LogP contribution is 2.23. The van der Waals surface area contributed by atoms with Gasteiger partial charge in [0.25, 0.3) is 0 Å². The molecular weight excluding hydrogens is 246 g/mol. The van der Waals surface area contributed by atoms with Crippen LogP contribution in [0.1, 0.15) is 17.4 Å². The molecule has 18 heavy (non-hydrogen) atoms. The Hall–Kier alpha value is -1.59. The van der Waals surface area contributed by atoms with Crippen molar-refractivity contribution in [1.29, 1.82) is 0 Å². The summed E-state index contributed by atoms with van der Waals surface area (Å²) in [7, 11) is 0. The van der Waals surface area contributed by atoms with Gasteiger partial charge in [-0.1, -0.05) is 23.9 Å². The van der Waals surface area contributed by atoms with Crippen LogP contribution in [0, 0.1) is 6.92 Å². The van der Waals surface area contributed by atoms with Crippen molar-refractivity contribution in [3.63, 3.8) is 0 Å². The Balaban J connectivity index is 1.98. The van der Waals surface area contributed by atoms with E-state index in [0.717, 1.165) is 11.3 Å². The summed E-state index contributed by atoms with van der Waals surface area (Å²) in [5.41, 5.74) is 8.07. The predicted octanol–water partition coefficient (Wildman–Crippen LogP) is 2.19. The molecule has 0 radical (unpaired) electrons. The number of nitrogens with two attached hydrogens (primary N) is 1. The zero-order valence-electron chi connectivity index (χ0n) is 10.1. The first kappa shape index (κ1) is 12.9. The first-order valence-electron chi connectivity index (χ1n) is 5.61. The maximum absolute atomic E-state index is 10.0. The Kier molecular flexibility index (Phi) is 4.17. The van der Waals surface area contributed by atoms with Crippen molar-refractivity contribution < 1.29 is 5.11 Å². The Morgan fingerprint density at radius 3 is 2.94 bits per heavy atom. The first-order chi connectivity index (χ1) is 8.65. The van der Waals surface area contributed by atoms with Crippen LogP contribution in [0.2, 0.25) is 0 Å². The van der Waals surface area contributed by atoms with Gasteiger partial charge in [0, 0.05) is 23.3 Å². The minimum absolute atomic E-state index is 0.507. The van der Waals surface area contributed by atoms with Crippen LogP contribution in [0.15, 0.2) is 41.7 Å². The molecule has 1 atom stereocenters. The van der Waals surface area contributed by atoms with Gasteiger partial charge in [-0.2, -0.15) is 0 Å². The molecule has 0 aliphatic heterocycles. The molecular formula is C13H15N3OS. The predicted molar refractivity (Wildman–Crippen MR) is 73.3 cm³/mol. The fourth-order valence-electron chi connectivity index (χ4n) is 1.51. The summed E-state index contributed by atoms with van der Waals surface area (Å²) in [6, 6.07) is 9.12. The number of thioether (sulfide) groups is 1. The second-order valence-electron chi connectivity index (χ2n) is 3.98. The van der Waals surface area contributed by atoms with E-state index in [1.165, 1.54) is 11.8 Å². The average Bonchev–Trinajstić information content (AvgIpc) is 2.36. The van der Waals surface area contributed by atoms with Crippen molar-refractivity contribution in [2.24, 2.45) is 0 Å². The molecule has 0 saturated carbocycles. The number of nitrogens with zero attached hydrogens (tertiary/aromatic N) is 2. The SMILES string of the molecule is Cc1ccnc(SCC(O)c2cccc(N)c2)n1. The lowest BCUT2D eigenvalue weighted by Gasteiger charge is -2.10. The molecule has 2 rings (SSSR count). The van der Waals surface area contributed by atoms with E-state index < -0.39 is 6.10 Å². The molecule has 94 valence electrons. The second-order valence-corrected chi connectivity index (χ2v) is 4.96. The average molecular weight is 261 g/mol. The van der Waals surface area contributed by atoms with Gasteiger partial charge in [-0.25, -0.2) is 9.97 Å². The van der Waals surface area contributed by atoms with Crippen LogP contribution in [0.4, 0.5) is 5.69 Å². The fourth-order valence-corrected chi connectivity index (χ4v) is 2.35. The van der Waals surface area contributed by atoms with Gasteiger partial charge in [-0.15, -0.1) is 0 Å². The van der Waals surface area contributed by atoms with Crippen molar-refractivity contribution in [2.75, 3.05) is 11.5 Å². The highest BCUT2D eigenvalue weighted by Gasteiger charge is 2.09. The Bertz CT molecular complexity index is 533. The molecule has 1 aromatic heterocycles. The van der Waals surface area contributed by atoms with Gasteiger partial charge in [0.1, 0.15) is 0 Å². The van der Waals surface area contributed by atoms with E-state index in [-0.39, 0.29) is 0 Å². The highest BCUT2D eigenvalue weighted by molar-refractivity contribution is 7.99. The monoisotopic (exact) mass is 261 g/mol. The molecule has 0 fully saturated rings. The molecule has 0 aliphatic carbocycles. The van der Waals surface area contributed by atoms with E-state index in [1.807, 2.05) is 25.1 Å². The number of benzene rings is 1. The molecule has 0 aliphatic rings. The molecule has 3 N–H and O–H groups in total. The maximum atomic E-state index is 10.0. The van der Waals surface area contributed by atoms with E-state index in [0.29, 0.717) is 16.6 Å². The number of aliphatic hydroxyl groups is 1. The summed E-state index contributed by atoms with van der Waals surface area (Å²) < 4.78 is 0. The third-order valence-electron chi connectivity index (χ3n) is 2.44. The van der Waals surface area contributed by atoms with Crippen molar-refractivity contribution in [1.82, 2.24) is 9.97 Å². The van der Waals surface area contributed by atoms with Crippen LogP contribution < -0.4 is 5.73 Å². The third kappa shape index (κ3) is 3.45. The first-order valence-corrected chi connectivity index (χ1v) is 6.59. The highest BCUT2D eigenvalue weighted by atomic mass is 32.2. The summed E-state index contributed by atoms with van der Waals surface area (Å²) in [6.45, 7) is 1.92. The molecule has 0 spiro atoms. The van der Waals surface area contributed by atoms with Crippen LogP contribution in [0.3, 0.4) is 0 Å². The Labute approximate surface area is 110 Å². The zero-order chi connectivity index (χ0) is 13.0. The molecule has 0 saturated heterocycles. The van der Waals surface area contributed by atoms with Gasteiger partial charge >= 0.3 is 0 Å². The zero-order valence-corrected chi connectivity index (χ0v) is 10.9. The summed E-state index contributed by atoms with van der Waals surface area (Å²) in [4.78, 5) is 8.41. The topological polar surface area (TPSA) is 72.0 Å². The lowest BCUT2D eigenvalue weighted by atomic mass is 10.1. The fraction of sp³-hybridized carbons (Fsp3) is 0.231. The molecule has 1 unspecified atom stereocenters. The maximum Gasteiger partial charge on any atom is 0.187 e.